The summed E-state index contributed by atoms with van der Waals surface area (Å²) in [6, 6.07) is 11.1. The zero-order valence-electron chi connectivity index (χ0n) is 14.4. The highest BCUT2D eigenvalue weighted by Crippen LogP contribution is 2.14. The largest absolute Gasteiger partial charge is 0.385 e. The van der Waals surface area contributed by atoms with Crippen LogP contribution in [0.15, 0.2) is 41.8 Å². The van der Waals surface area contributed by atoms with Crippen molar-refractivity contribution in [2.24, 2.45) is 0 Å². The first-order valence-electron chi connectivity index (χ1n) is 8.38. The first kappa shape index (κ1) is 19.1. The number of amides is 2. The number of carbonyl (C=O) groups excluding carboxylic acids is 2. The molecule has 0 saturated carbocycles. The molecule has 0 aliphatic heterocycles. The molecular weight excluding hydrogens is 336 g/mol. The lowest BCUT2D eigenvalue weighted by molar-refractivity contribution is -0.116. The average Bonchev–Trinajstić information content (AvgIpc) is 3.12. The third-order valence-corrected chi connectivity index (χ3v) is 4.56. The minimum absolute atomic E-state index is 0.0331. The van der Waals surface area contributed by atoms with Crippen LogP contribution in [0.25, 0.3) is 0 Å². The number of methoxy groups -OCH3 is 1. The van der Waals surface area contributed by atoms with Crippen LogP contribution in [-0.2, 0) is 16.0 Å². The van der Waals surface area contributed by atoms with Gasteiger partial charge in [0.25, 0.3) is 5.91 Å². The molecule has 6 heteroatoms. The maximum atomic E-state index is 12.1. The fourth-order valence-corrected chi connectivity index (χ4v) is 3.11. The van der Waals surface area contributed by atoms with Gasteiger partial charge < -0.3 is 15.4 Å². The normalized spacial score (nSPS) is 10.4. The van der Waals surface area contributed by atoms with E-state index in [9.17, 15) is 9.59 Å². The van der Waals surface area contributed by atoms with Crippen molar-refractivity contribution in [3.63, 3.8) is 0 Å². The van der Waals surface area contributed by atoms with Crippen LogP contribution >= 0.6 is 11.3 Å². The van der Waals surface area contributed by atoms with Gasteiger partial charge in [-0.3, -0.25) is 9.59 Å². The van der Waals surface area contributed by atoms with Gasteiger partial charge in [0, 0.05) is 42.8 Å². The Labute approximate surface area is 152 Å². The zero-order valence-corrected chi connectivity index (χ0v) is 15.2. The number of thiophene rings is 1. The Morgan fingerprint density at radius 3 is 2.80 bits per heavy atom. The Kier molecular flexibility index (Phi) is 8.15. The van der Waals surface area contributed by atoms with Crippen LogP contribution < -0.4 is 10.6 Å². The molecule has 0 aliphatic rings. The number of nitrogens with one attached hydrogen (secondary N) is 2. The maximum absolute atomic E-state index is 12.1. The molecule has 0 bridgehead atoms. The summed E-state index contributed by atoms with van der Waals surface area (Å²) in [5, 5.41) is 7.73. The average molecular weight is 360 g/mol. The van der Waals surface area contributed by atoms with Crippen molar-refractivity contribution >= 4 is 28.8 Å². The molecule has 134 valence electrons. The summed E-state index contributed by atoms with van der Waals surface area (Å²) in [6.07, 6.45) is 2.95. The van der Waals surface area contributed by atoms with E-state index >= 15 is 0 Å². The van der Waals surface area contributed by atoms with E-state index in [-0.39, 0.29) is 11.8 Å². The minimum Gasteiger partial charge on any atom is -0.385 e. The smallest absolute Gasteiger partial charge is 0.251 e. The molecule has 0 spiro atoms. The highest BCUT2D eigenvalue weighted by atomic mass is 32.1. The Morgan fingerprint density at radius 2 is 2.04 bits per heavy atom. The maximum Gasteiger partial charge on any atom is 0.251 e. The first-order chi connectivity index (χ1) is 12.2. The summed E-state index contributed by atoms with van der Waals surface area (Å²) in [6.45, 7) is 1.17. The second-order valence-corrected chi connectivity index (χ2v) is 6.70. The van der Waals surface area contributed by atoms with Crippen LogP contribution in [0, 0.1) is 0 Å². The van der Waals surface area contributed by atoms with E-state index in [4.69, 9.17) is 4.74 Å². The van der Waals surface area contributed by atoms with Crippen LogP contribution in [0.1, 0.15) is 34.5 Å². The SMILES string of the molecule is COCCCNC(=O)c1cccc(NC(=O)CCCc2cccs2)c1. The van der Waals surface area contributed by atoms with Gasteiger partial charge >= 0.3 is 0 Å². The topological polar surface area (TPSA) is 67.4 Å². The van der Waals surface area contributed by atoms with Crippen LogP contribution in [0.5, 0.6) is 0 Å². The predicted octanol–water partition coefficient (Wildman–Crippen LogP) is 3.48. The number of hydrogen-bond donors (Lipinski definition) is 2. The molecular formula is C19H24N2O3S. The first-order valence-corrected chi connectivity index (χ1v) is 9.26. The second kappa shape index (κ2) is 10.6. The molecule has 1 aromatic heterocycles. The fourth-order valence-electron chi connectivity index (χ4n) is 2.36. The second-order valence-electron chi connectivity index (χ2n) is 5.66. The zero-order chi connectivity index (χ0) is 17.9. The van der Waals surface area contributed by atoms with Crippen molar-refractivity contribution in [2.45, 2.75) is 25.7 Å². The van der Waals surface area contributed by atoms with E-state index in [1.54, 1.807) is 42.7 Å². The van der Waals surface area contributed by atoms with Crippen molar-refractivity contribution in [3.8, 4) is 0 Å². The predicted molar refractivity (Wildman–Crippen MR) is 101 cm³/mol. The molecule has 2 aromatic rings. The molecule has 25 heavy (non-hydrogen) atoms. The summed E-state index contributed by atoms with van der Waals surface area (Å²) >= 11 is 1.71. The molecule has 0 aliphatic carbocycles. The van der Waals surface area contributed by atoms with Gasteiger partial charge in [-0.15, -0.1) is 11.3 Å². The Bertz CT molecular complexity index is 671. The van der Waals surface area contributed by atoms with Crippen molar-refractivity contribution < 1.29 is 14.3 Å². The third kappa shape index (κ3) is 7.07. The summed E-state index contributed by atoms with van der Waals surface area (Å²) in [4.78, 5) is 25.4. The summed E-state index contributed by atoms with van der Waals surface area (Å²) < 4.78 is 4.95. The highest BCUT2D eigenvalue weighted by molar-refractivity contribution is 7.09. The van der Waals surface area contributed by atoms with Gasteiger partial charge in [0.05, 0.1) is 0 Å². The lowest BCUT2D eigenvalue weighted by Gasteiger charge is -2.08. The van der Waals surface area contributed by atoms with Crippen molar-refractivity contribution in [2.75, 3.05) is 25.6 Å². The van der Waals surface area contributed by atoms with E-state index in [0.29, 0.717) is 30.8 Å². The van der Waals surface area contributed by atoms with Crippen LogP contribution in [-0.4, -0.2) is 32.1 Å². The number of hydrogen-bond acceptors (Lipinski definition) is 4. The molecule has 0 radical (unpaired) electrons. The highest BCUT2D eigenvalue weighted by Gasteiger charge is 2.08. The van der Waals surface area contributed by atoms with Gasteiger partial charge in [-0.2, -0.15) is 0 Å². The van der Waals surface area contributed by atoms with Crippen molar-refractivity contribution in [1.29, 1.82) is 0 Å². The summed E-state index contributed by atoms with van der Waals surface area (Å²) in [5.41, 5.74) is 1.18. The molecule has 0 saturated heterocycles. The van der Waals surface area contributed by atoms with Gasteiger partial charge in [0.2, 0.25) is 5.91 Å². The van der Waals surface area contributed by atoms with Gasteiger partial charge in [-0.25, -0.2) is 0 Å². The number of rotatable bonds is 10. The Morgan fingerprint density at radius 1 is 1.16 bits per heavy atom. The van der Waals surface area contributed by atoms with Gasteiger partial charge in [0.1, 0.15) is 0 Å². The number of carbonyl (C=O) groups is 2. The van der Waals surface area contributed by atoms with Gasteiger partial charge in [-0.1, -0.05) is 12.1 Å². The van der Waals surface area contributed by atoms with Crippen molar-refractivity contribution in [3.05, 3.63) is 52.2 Å². The standard InChI is InChI=1S/C19H24N2O3S/c1-24-12-5-11-20-19(23)15-6-2-7-16(14-15)21-18(22)10-3-8-17-9-4-13-25-17/h2,4,6-7,9,13-14H,3,5,8,10-12H2,1H3,(H,20,23)(H,21,22). The van der Waals surface area contributed by atoms with Crippen LogP contribution in [0.3, 0.4) is 0 Å². The number of aryl methyl sites for hydroxylation is 1. The fraction of sp³-hybridized carbons (Fsp3) is 0.368. The Hall–Kier alpha value is -2.18. The van der Waals surface area contributed by atoms with E-state index in [0.717, 1.165) is 19.3 Å². The van der Waals surface area contributed by atoms with E-state index in [1.807, 2.05) is 11.4 Å². The molecule has 2 amide bonds. The van der Waals surface area contributed by atoms with E-state index in [2.05, 4.69) is 16.7 Å². The van der Waals surface area contributed by atoms with Crippen LogP contribution in [0.4, 0.5) is 5.69 Å². The van der Waals surface area contributed by atoms with Gasteiger partial charge in [0.15, 0.2) is 0 Å². The molecule has 0 unspecified atom stereocenters. The third-order valence-electron chi connectivity index (χ3n) is 3.63. The molecule has 2 N–H and O–H groups in total. The lowest BCUT2D eigenvalue weighted by Crippen LogP contribution is -2.25. The molecule has 5 nitrogen and oxygen atoms in total. The number of benzene rings is 1. The number of anilines is 1. The monoisotopic (exact) mass is 360 g/mol. The molecule has 0 fully saturated rings. The minimum atomic E-state index is -0.148. The van der Waals surface area contributed by atoms with E-state index < -0.39 is 0 Å². The van der Waals surface area contributed by atoms with Crippen LogP contribution in [0.2, 0.25) is 0 Å². The van der Waals surface area contributed by atoms with E-state index in [1.165, 1.54) is 4.88 Å². The lowest BCUT2D eigenvalue weighted by atomic mass is 10.1. The van der Waals surface area contributed by atoms with Gasteiger partial charge in [-0.05, 0) is 48.9 Å². The quantitative estimate of drug-likeness (QED) is 0.638. The molecule has 2 rings (SSSR count). The molecule has 0 atom stereocenters. The summed E-state index contributed by atoms with van der Waals surface area (Å²) in [5.74, 6) is -0.181. The molecule has 1 heterocycles. The summed E-state index contributed by atoms with van der Waals surface area (Å²) in [7, 11) is 1.63. The Balaban J connectivity index is 1.77. The number of ether oxygens (including phenoxy) is 1. The molecule has 1 aromatic carbocycles. The van der Waals surface area contributed by atoms with Crippen molar-refractivity contribution in [1.82, 2.24) is 5.32 Å².